The molecule has 0 spiro atoms. The van der Waals surface area contributed by atoms with Crippen molar-refractivity contribution in [3.05, 3.63) is 54.1 Å². The molecular formula is C13H15N3O. The molecule has 2 rings (SSSR count). The van der Waals surface area contributed by atoms with Crippen molar-refractivity contribution in [2.24, 2.45) is 5.73 Å². The number of pyridine rings is 2. The van der Waals surface area contributed by atoms with E-state index in [1.165, 1.54) is 0 Å². The van der Waals surface area contributed by atoms with E-state index < -0.39 is 0 Å². The third kappa shape index (κ3) is 3.53. The van der Waals surface area contributed by atoms with Crippen molar-refractivity contribution in [2.45, 2.75) is 13.0 Å². The molecule has 0 aliphatic rings. The maximum Gasteiger partial charge on any atom is 0.122 e. The van der Waals surface area contributed by atoms with Crippen LogP contribution in [-0.2, 0) is 13.0 Å². The van der Waals surface area contributed by atoms with Crippen LogP contribution in [0, 0.1) is 0 Å². The van der Waals surface area contributed by atoms with Crippen LogP contribution in [0.2, 0.25) is 0 Å². The zero-order valence-corrected chi connectivity index (χ0v) is 9.54. The Morgan fingerprint density at radius 1 is 1.06 bits per heavy atom. The number of nitrogens with two attached hydrogens (primary N) is 1. The van der Waals surface area contributed by atoms with Crippen LogP contribution in [0.25, 0.3) is 0 Å². The van der Waals surface area contributed by atoms with E-state index in [1.54, 1.807) is 12.4 Å². The number of hydrogen-bond donors (Lipinski definition) is 1. The van der Waals surface area contributed by atoms with Crippen LogP contribution in [0.5, 0.6) is 5.75 Å². The van der Waals surface area contributed by atoms with E-state index in [4.69, 9.17) is 10.5 Å². The molecule has 2 aromatic heterocycles. The number of ether oxygens (including phenoxy) is 1. The van der Waals surface area contributed by atoms with Crippen molar-refractivity contribution >= 4 is 0 Å². The molecule has 0 unspecified atom stereocenters. The Kier molecular flexibility index (Phi) is 4.05. The molecular weight excluding hydrogens is 214 g/mol. The second-order valence-corrected chi connectivity index (χ2v) is 3.61. The van der Waals surface area contributed by atoms with Gasteiger partial charge in [0.25, 0.3) is 0 Å². The van der Waals surface area contributed by atoms with E-state index in [0.29, 0.717) is 13.2 Å². The molecule has 17 heavy (non-hydrogen) atoms. The van der Waals surface area contributed by atoms with Crippen LogP contribution in [0.15, 0.2) is 42.7 Å². The standard InChI is InChI=1S/C13H15N3O/c14-10-12-9-13(4-7-16-12)17-8-5-11-3-1-2-6-15-11/h1-4,6-7,9H,5,8,10,14H2. The normalized spacial score (nSPS) is 10.2. The molecule has 4 nitrogen and oxygen atoms in total. The van der Waals surface area contributed by atoms with Gasteiger partial charge in [-0.3, -0.25) is 9.97 Å². The predicted molar refractivity (Wildman–Crippen MR) is 65.6 cm³/mol. The summed E-state index contributed by atoms with van der Waals surface area (Å²) in [6.45, 7) is 1.03. The molecule has 2 aromatic rings. The number of hydrogen-bond acceptors (Lipinski definition) is 4. The smallest absolute Gasteiger partial charge is 0.122 e. The lowest BCUT2D eigenvalue weighted by Gasteiger charge is -2.06. The van der Waals surface area contributed by atoms with Crippen molar-refractivity contribution in [1.29, 1.82) is 0 Å². The highest BCUT2D eigenvalue weighted by molar-refractivity contribution is 5.22. The fourth-order valence-corrected chi connectivity index (χ4v) is 1.48. The summed E-state index contributed by atoms with van der Waals surface area (Å²) in [5.41, 5.74) is 7.37. The SMILES string of the molecule is NCc1cc(OCCc2ccccn2)ccn1. The highest BCUT2D eigenvalue weighted by Crippen LogP contribution is 2.10. The highest BCUT2D eigenvalue weighted by Gasteiger charge is 1.98. The molecule has 0 atom stereocenters. The summed E-state index contributed by atoms with van der Waals surface area (Å²) in [4.78, 5) is 8.34. The Morgan fingerprint density at radius 2 is 1.94 bits per heavy atom. The minimum atomic E-state index is 0.428. The maximum absolute atomic E-state index is 5.62. The van der Waals surface area contributed by atoms with Crippen LogP contribution < -0.4 is 10.5 Å². The first-order valence-corrected chi connectivity index (χ1v) is 5.56. The number of aromatic nitrogens is 2. The van der Waals surface area contributed by atoms with Gasteiger partial charge in [0.05, 0.1) is 12.3 Å². The Morgan fingerprint density at radius 3 is 2.71 bits per heavy atom. The Balaban J connectivity index is 1.86. The fourth-order valence-electron chi connectivity index (χ4n) is 1.48. The van der Waals surface area contributed by atoms with Gasteiger partial charge >= 0.3 is 0 Å². The summed E-state index contributed by atoms with van der Waals surface area (Å²) < 4.78 is 5.62. The minimum Gasteiger partial charge on any atom is -0.493 e. The number of rotatable bonds is 5. The van der Waals surface area contributed by atoms with Crippen molar-refractivity contribution < 1.29 is 4.74 Å². The van der Waals surface area contributed by atoms with Gasteiger partial charge in [0, 0.05) is 37.1 Å². The molecule has 4 heteroatoms. The second kappa shape index (κ2) is 5.96. The second-order valence-electron chi connectivity index (χ2n) is 3.61. The summed E-state index contributed by atoms with van der Waals surface area (Å²) in [5.74, 6) is 0.802. The van der Waals surface area contributed by atoms with E-state index in [2.05, 4.69) is 9.97 Å². The van der Waals surface area contributed by atoms with Gasteiger partial charge < -0.3 is 10.5 Å². The lowest BCUT2D eigenvalue weighted by molar-refractivity contribution is 0.320. The van der Waals surface area contributed by atoms with E-state index in [-0.39, 0.29) is 0 Å². The topological polar surface area (TPSA) is 61.0 Å². The fraction of sp³-hybridized carbons (Fsp3) is 0.231. The molecule has 0 aromatic carbocycles. The molecule has 2 N–H and O–H groups in total. The third-order valence-corrected chi connectivity index (χ3v) is 2.35. The van der Waals surface area contributed by atoms with Crippen molar-refractivity contribution in [2.75, 3.05) is 6.61 Å². The molecule has 0 radical (unpaired) electrons. The Labute approximate surface area is 100 Å². The largest absolute Gasteiger partial charge is 0.493 e. The van der Waals surface area contributed by atoms with Crippen LogP contribution in [0.1, 0.15) is 11.4 Å². The highest BCUT2D eigenvalue weighted by atomic mass is 16.5. The van der Waals surface area contributed by atoms with Gasteiger partial charge in [0.1, 0.15) is 5.75 Å². The van der Waals surface area contributed by atoms with Gasteiger partial charge in [-0.2, -0.15) is 0 Å². The van der Waals surface area contributed by atoms with E-state index in [9.17, 15) is 0 Å². The molecule has 0 amide bonds. The zero-order valence-electron chi connectivity index (χ0n) is 9.54. The predicted octanol–water partition coefficient (Wildman–Crippen LogP) is 1.56. The summed E-state index contributed by atoms with van der Waals surface area (Å²) in [6, 6.07) is 9.55. The van der Waals surface area contributed by atoms with Crippen molar-refractivity contribution in [1.82, 2.24) is 9.97 Å². The maximum atomic E-state index is 5.62. The quantitative estimate of drug-likeness (QED) is 0.845. The minimum absolute atomic E-state index is 0.428. The van der Waals surface area contributed by atoms with Gasteiger partial charge in [0.15, 0.2) is 0 Å². The average molecular weight is 229 g/mol. The van der Waals surface area contributed by atoms with Gasteiger partial charge in [-0.15, -0.1) is 0 Å². The third-order valence-electron chi connectivity index (χ3n) is 2.35. The Hall–Kier alpha value is -1.94. The van der Waals surface area contributed by atoms with Crippen molar-refractivity contribution in [3.63, 3.8) is 0 Å². The van der Waals surface area contributed by atoms with Gasteiger partial charge in [-0.1, -0.05) is 6.07 Å². The average Bonchev–Trinajstić information content (AvgIpc) is 2.40. The molecule has 88 valence electrons. The first-order chi connectivity index (χ1) is 8.38. The summed E-state index contributed by atoms with van der Waals surface area (Å²) in [5, 5.41) is 0. The summed E-state index contributed by atoms with van der Waals surface area (Å²) in [6.07, 6.45) is 4.29. The molecule has 2 heterocycles. The zero-order chi connectivity index (χ0) is 11.9. The van der Waals surface area contributed by atoms with E-state index >= 15 is 0 Å². The lowest BCUT2D eigenvalue weighted by Crippen LogP contribution is -2.04. The lowest BCUT2D eigenvalue weighted by atomic mass is 10.3. The first kappa shape index (κ1) is 11.5. The van der Waals surface area contributed by atoms with E-state index in [1.807, 2.05) is 30.3 Å². The van der Waals surface area contributed by atoms with Gasteiger partial charge in [0.2, 0.25) is 0 Å². The van der Waals surface area contributed by atoms with Crippen LogP contribution in [0.3, 0.4) is 0 Å². The monoisotopic (exact) mass is 229 g/mol. The molecule has 0 aliphatic heterocycles. The van der Waals surface area contributed by atoms with Crippen LogP contribution >= 0.6 is 0 Å². The summed E-state index contributed by atoms with van der Waals surface area (Å²) in [7, 11) is 0. The first-order valence-electron chi connectivity index (χ1n) is 5.56. The van der Waals surface area contributed by atoms with Gasteiger partial charge in [-0.05, 0) is 18.2 Å². The van der Waals surface area contributed by atoms with Crippen LogP contribution in [-0.4, -0.2) is 16.6 Å². The molecule has 0 saturated heterocycles. The molecule has 0 aliphatic carbocycles. The van der Waals surface area contributed by atoms with Crippen LogP contribution in [0.4, 0.5) is 0 Å². The van der Waals surface area contributed by atoms with E-state index in [0.717, 1.165) is 23.6 Å². The number of nitrogens with zero attached hydrogens (tertiary/aromatic N) is 2. The molecule has 0 saturated carbocycles. The van der Waals surface area contributed by atoms with Crippen molar-refractivity contribution in [3.8, 4) is 5.75 Å². The Bertz CT molecular complexity index is 459. The molecule has 0 fully saturated rings. The molecule has 0 bridgehead atoms. The van der Waals surface area contributed by atoms with Gasteiger partial charge in [-0.25, -0.2) is 0 Å². The summed E-state index contributed by atoms with van der Waals surface area (Å²) >= 11 is 0.